The molecule has 2 rings (SSSR count). The van der Waals surface area contributed by atoms with Gasteiger partial charge in [-0.25, -0.2) is 9.78 Å². The van der Waals surface area contributed by atoms with Crippen molar-refractivity contribution in [3.8, 4) is 11.6 Å². The summed E-state index contributed by atoms with van der Waals surface area (Å²) in [6.07, 6.45) is 1.28. The standard InChI is InChI=1S/C13H10BrNO3/c1-8-5-9(13(16)17)7-15-12(8)18-11-4-2-3-10(14)6-11/h2-7H,1H3,(H,16,17). The van der Waals surface area contributed by atoms with Gasteiger partial charge in [0.15, 0.2) is 0 Å². The first-order valence-electron chi connectivity index (χ1n) is 5.19. The van der Waals surface area contributed by atoms with Crippen LogP contribution in [-0.4, -0.2) is 16.1 Å². The number of nitrogens with zero attached hydrogens (tertiary/aromatic N) is 1. The smallest absolute Gasteiger partial charge is 0.337 e. The summed E-state index contributed by atoms with van der Waals surface area (Å²) in [5.74, 6) is 0.0424. The summed E-state index contributed by atoms with van der Waals surface area (Å²) < 4.78 is 6.49. The predicted octanol–water partition coefficient (Wildman–Crippen LogP) is 3.64. The highest BCUT2D eigenvalue weighted by Crippen LogP contribution is 2.25. The van der Waals surface area contributed by atoms with Crippen molar-refractivity contribution in [2.45, 2.75) is 6.92 Å². The number of carbonyl (C=O) groups is 1. The molecule has 1 aromatic carbocycles. The number of halogens is 1. The van der Waals surface area contributed by atoms with Crippen LogP contribution in [-0.2, 0) is 0 Å². The lowest BCUT2D eigenvalue weighted by Crippen LogP contribution is -1.99. The number of rotatable bonds is 3. The minimum Gasteiger partial charge on any atom is -0.478 e. The Kier molecular flexibility index (Phi) is 3.62. The van der Waals surface area contributed by atoms with Crippen LogP contribution < -0.4 is 4.74 Å². The molecule has 0 unspecified atom stereocenters. The Bertz CT molecular complexity index is 599. The first-order chi connectivity index (χ1) is 8.56. The van der Waals surface area contributed by atoms with Crippen LogP contribution in [0.4, 0.5) is 0 Å². The highest BCUT2D eigenvalue weighted by Gasteiger charge is 2.08. The van der Waals surface area contributed by atoms with Crippen LogP contribution in [0.15, 0.2) is 41.0 Å². The van der Waals surface area contributed by atoms with E-state index in [2.05, 4.69) is 20.9 Å². The van der Waals surface area contributed by atoms with Gasteiger partial charge in [-0.2, -0.15) is 0 Å². The molecule has 0 saturated heterocycles. The van der Waals surface area contributed by atoms with E-state index in [-0.39, 0.29) is 5.56 Å². The summed E-state index contributed by atoms with van der Waals surface area (Å²) in [7, 11) is 0. The van der Waals surface area contributed by atoms with Crippen molar-refractivity contribution >= 4 is 21.9 Å². The zero-order chi connectivity index (χ0) is 13.1. The third-order valence-electron chi connectivity index (χ3n) is 2.29. The molecule has 4 nitrogen and oxygen atoms in total. The van der Waals surface area contributed by atoms with E-state index in [0.717, 1.165) is 4.47 Å². The Morgan fingerprint density at radius 3 is 2.78 bits per heavy atom. The van der Waals surface area contributed by atoms with Crippen LogP contribution in [0, 0.1) is 6.92 Å². The van der Waals surface area contributed by atoms with E-state index in [0.29, 0.717) is 17.2 Å². The van der Waals surface area contributed by atoms with E-state index in [1.165, 1.54) is 12.3 Å². The van der Waals surface area contributed by atoms with Crippen molar-refractivity contribution in [2.75, 3.05) is 0 Å². The molecule has 0 aliphatic heterocycles. The highest BCUT2D eigenvalue weighted by atomic mass is 79.9. The molecule has 18 heavy (non-hydrogen) atoms. The molecule has 1 N–H and O–H groups in total. The Morgan fingerprint density at radius 1 is 1.39 bits per heavy atom. The lowest BCUT2D eigenvalue weighted by Gasteiger charge is -2.08. The van der Waals surface area contributed by atoms with Gasteiger partial charge in [0, 0.05) is 16.2 Å². The first kappa shape index (κ1) is 12.6. The largest absolute Gasteiger partial charge is 0.478 e. The van der Waals surface area contributed by atoms with E-state index < -0.39 is 5.97 Å². The fourth-order valence-electron chi connectivity index (χ4n) is 1.43. The maximum atomic E-state index is 10.8. The monoisotopic (exact) mass is 307 g/mol. The Morgan fingerprint density at radius 2 is 2.17 bits per heavy atom. The summed E-state index contributed by atoms with van der Waals surface area (Å²) in [6, 6.07) is 8.88. The number of benzene rings is 1. The van der Waals surface area contributed by atoms with E-state index in [4.69, 9.17) is 9.84 Å². The van der Waals surface area contributed by atoms with Gasteiger partial charge < -0.3 is 9.84 Å². The maximum absolute atomic E-state index is 10.8. The van der Waals surface area contributed by atoms with Gasteiger partial charge >= 0.3 is 5.97 Å². The molecule has 5 heteroatoms. The second-order valence-corrected chi connectivity index (χ2v) is 4.63. The third-order valence-corrected chi connectivity index (χ3v) is 2.78. The molecule has 0 radical (unpaired) electrons. The number of carboxylic acid groups (broad SMARTS) is 1. The minimum atomic E-state index is -1.00. The topological polar surface area (TPSA) is 59.4 Å². The Balaban J connectivity index is 2.27. The number of pyridine rings is 1. The summed E-state index contributed by atoms with van der Waals surface area (Å²) in [6.45, 7) is 1.76. The Hall–Kier alpha value is -1.88. The number of carboxylic acids is 1. The normalized spacial score (nSPS) is 10.1. The molecular weight excluding hydrogens is 298 g/mol. The zero-order valence-corrected chi connectivity index (χ0v) is 11.1. The van der Waals surface area contributed by atoms with Crippen LogP contribution in [0.5, 0.6) is 11.6 Å². The van der Waals surface area contributed by atoms with Gasteiger partial charge in [0.1, 0.15) is 5.75 Å². The SMILES string of the molecule is Cc1cc(C(=O)O)cnc1Oc1cccc(Br)c1. The van der Waals surface area contributed by atoms with Crippen molar-refractivity contribution in [1.82, 2.24) is 4.98 Å². The number of ether oxygens (including phenoxy) is 1. The molecule has 2 aromatic rings. The summed E-state index contributed by atoms with van der Waals surface area (Å²) in [4.78, 5) is 14.8. The van der Waals surface area contributed by atoms with Gasteiger partial charge in [-0.05, 0) is 31.2 Å². The lowest BCUT2D eigenvalue weighted by molar-refractivity contribution is 0.0696. The number of aromatic carboxylic acids is 1. The number of hydrogen-bond donors (Lipinski definition) is 1. The average Bonchev–Trinajstić information content (AvgIpc) is 2.31. The van der Waals surface area contributed by atoms with Crippen LogP contribution in [0.2, 0.25) is 0 Å². The fourth-order valence-corrected chi connectivity index (χ4v) is 1.81. The molecule has 0 aliphatic rings. The molecule has 0 aliphatic carbocycles. The highest BCUT2D eigenvalue weighted by molar-refractivity contribution is 9.10. The zero-order valence-electron chi connectivity index (χ0n) is 9.55. The molecule has 0 bridgehead atoms. The molecule has 0 saturated carbocycles. The second-order valence-electron chi connectivity index (χ2n) is 3.71. The van der Waals surface area contributed by atoms with Crippen molar-refractivity contribution in [3.05, 3.63) is 52.1 Å². The van der Waals surface area contributed by atoms with Gasteiger partial charge in [0.25, 0.3) is 0 Å². The summed E-state index contributed by atoms with van der Waals surface area (Å²) in [5.41, 5.74) is 0.823. The van der Waals surface area contributed by atoms with Crippen molar-refractivity contribution in [1.29, 1.82) is 0 Å². The first-order valence-corrected chi connectivity index (χ1v) is 5.99. The second kappa shape index (κ2) is 5.18. The van der Waals surface area contributed by atoms with Crippen molar-refractivity contribution < 1.29 is 14.6 Å². The minimum absolute atomic E-state index is 0.147. The molecule has 0 fully saturated rings. The van der Waals surface area contributed by atoms with E-state index in [1.807, 2.05) is 18.2 Å². The van der Waals surface area contributed by atoms with E-state index in [1.54, 1.807) is 13.0 Å². The van der Waals surface area contributed by atoms with Gasteiger partial charge in [-0.3, -0.25) is 0 Å². The van der Waals surface area contributed by atoms with Gasteiger partial charge in [-0.1, -0.05) is 22.0 Å². The average molecular weight is 308 g/mol. The van der Waals surface area contributed by atoms with E-state index in [9.17, 15) is 4.79 Å². The summed E-state index contributed by atoms with van der Waals surface area (Å²) >= 11 is 3.35. The lowest BCUT2D eigenvalue weighted by atomic mass is 10.2. The molecule has 1 aromatic heterocycles. The molecule has 0 amide bonds. The van der Waals surface area contributed by atoms with Crippen molar-refractivity contribution in [2.24, 2.45) is 0 Å². The molecule has 1 heterocycles. The van der Waals surface area contributed by atoms with Gasteiger partial charge in [-0.15, -0.1) is 0 Å². The molecule has 0 atom stereocenters. The number of aromatic nitrogens is 1. The van der Waals surface area contributed by atoms with Crippen LogP contribution in [0.1, 0.15) is 15.9 Å². The fraction of sp³-hybridized carbons (Fsp3) is 0.0769. The molecular formula is C13H10BrNO3. The third kappa shape index (κ3) is 2.87. The molecule has 0 spiro atoms. The molecule has 92 valence electrons. The Labute approximate surface area is 112 Å². The number of aryl methyl sites for hydroxylation is 1. The van der Waals surface area contributed by atoms with Crippen LogP contribution in [0.3, 0.4) is 0 Å². The predicted molar refractivity (Wildman–Crippen MR) is 70.1 cm³/mol. The van der Waals surface area contributed by atoms with Crippen molar-refractivity contribution in [3.63, 3.8) is 0 Å². The van der Waals surface area contributed by atoms with Crippen LogP contribution >= 0.6 is 15.9 Å². The van der Waals surface area contributed by atoms with Crippen LogP contribution in [0.25, 0.3) is 0 Å². The quantitative estimate of drug-likeness (QED) is 0.940. The van der Waals surface area contributed by atoms with Gasteiger partial charge in [0.05, 0.1) is 5.56 Å². The van der Waals surface area contributed by atoms with Gasteiger partial charge in [0.2, 0.25) is 5.88 Å². The maximum Gasteiger partial charge on any atom is 0.337 e. The van der Waals surface area contributed by atoms with E-state index >= 15 is 0 Å². The summed E-state index contributed by atoms with van der Waals surface area (Å²) in [5, 5.41) is 8.84. The number of hydrogen-bond acceptors (Lipinski definition) is 3.